The van der Waals surface area contributed by atoms with Crippen LogP contribution in [0.1, 0.15) is 30.4 Å². The van der Waals surface area contributed by atoms with Gasteiger partial charge in [-0.05, 0) is 78.8 Å². The second kappa shape index (κ2) is 15.9. The first-order valence-electron chi connectivity index (χ1n) is 12.5. The Bertz CT molecular complexity index is 1250. The highest BCUT2D eigenvalue weighted by Gasteiger charge is 2.22. The van der Waals surface area contributed by atoms with Gasteiger partial charge in [0.2, 0.25) is 0 Å². The lowest BCUT2D eigenvalue weighted by molar-refractivity contribution is -0.138. The summed E-state index contributed by atoms with van der Waals surface area (Å²) in [5.74, 6) is -0.813. The molecule has 2 aromatic rings. The molecule has 6 N–H and O–H groups in total. The molecule has 0 radical (unpaired) electrons. The predicted molar refractivity (Wildman–Crippen MR) is 149 cm³/mol. The van der Waals surface area contributed by atoms with E-state index in [2.05, 4.69) is 0 Å². The number of hydrogen-bond acceptors (Lipinski definition) is 9. The Morgan fingerprint density at radius 2 is 1.70 bits per heavy atom. The van der Waals surface area contributed by atoms with Gasteiger partial charge in [0, 0.05) is 7.11 Å². The summed E-state index contributed by atoms with van der Waals surface area (Å²) in [6.45, 7) is 0. The average molecular weight is 554 g/mol. The number of aliphatic hydroxyl groups is 1. The van der Waals surface area contributed by atoms with E-state index in [1.54, 1.807) is 42.5 Å². The highest BCUT2D eigenvalue weighted by atomic mass is 16.5. The molecule has 0 aliphatic heterocycles. The van der Waals surface area contributed by atoms with E-state index in [-0.39, 0.29) is 53.7 Å². The molecule has 0 amide bonds. The highest BCUT2D eigenvalue weighted by Crippen LogP contribution is 2.27. The molecule has 0 heterocycles. The highest BCUT2D eigenvalue weighted by molar-refractivity contribution is 6.09. The first-order valence-corrected chi connectivity index (χ1v) is 12.5. The van der Waals surface area contributed by atoms with Gasteiger partial charge in [-0.3, -0.25) is 14.4 Å². The van der Waals surface area contributed by atoms with Crippen LogP contribution in [-0.4, -0.2) is 64.3 Å². The van der Waals surface area contributed by atoms with Crippen LogP contribution in [0.5, 0.6) is 17.2 Å². The van der Waals surface area contributed by atoms with E-state index in [0.29, 0.717) is 24.2 Å². The number of nitrogens with two attached hydrogens (primary N) is 1. The minimum absolute atomic E-state index is 0.0166. The molecule has 214 valence electrons. The zero-order valence-corrected chi connectivity index (χ0v) is 22.4. The van der Waals surface area contributed by atoms with Crippen LogP contribution in [0.25, 0.3) is 6.08 Å². The molecule has 3 unspecified atom stereocenters. The molecular weight excluding hydrogens is 518 g/mol. The maximum Gasteiger partial charge on any atom is 0.320 e. The largest absolute Gasteiger partial charge is 0.510 e. The fourth-order valence-corrected chi connectivity index (χ4v) is 3.76. The number of carboxylic acid groups (broad SMARTS) is 1. The van der Waals surface area contributed by atoms with E-state index >= 15 is 0 Å². The summed E-state index contributed by atoms with van der Waals surface area (Å²) < 4.78 is 10.2. The maximum atomic E-state index is 12.0. The summed E-state index contributed by atoms with van der Waals surface area (Å²) in [5.41, 5.74) is 6.80. The maximum absolute atomic E-state index is 12.0. The van der Waals surface area contributed by atoms with Gasteiger partial charge in [-0.1, -0.05) is 30.4 Å². The van der Waals surface area contributed by atoms with Gasteiger partial charge in [0.25, 0.3) is 0 Å². The second-order valence-corrected chi connectivity index (χ2v) is 9.13. The third kappa shape index (κ3) is 10.8. The number of carbonyl (C=O) groups excluding carboxylic acids is 2. The first kappa shape index (κ1) is 31.8. The lowest BCUT2D eigenvalue weighted by atomic mass is 9.90. The lowest BCUT2D eigenvalue weighted by Crippen LogP contribution is -2.32. The number of carboxylic acids is 1. The summed E-state index contributed by atoms with van der Waals surface area (Å²) in [5, 5.41) is 36.7. The standard InChI is InChI=1S/C21H24O6.C9H11NO3/c1-26-20-11-14(5-9-18(20)24)3-7-16(22)13-17(23)8-4-15-6-10-19(25)21(12-15)27-2;10-8(9(12)13)5-6-1-3-7(11)4-2-6/h3-5,7-11,15,21,24-25H,6,12-13H2,1-2H3;1-4,8,11H,5,10H2,(H,12,13)/b7-3+,8-4+;. The minimum atomic E-state index is -1.02. The molecule has 10 heteroatoms. The number of methoxy groups -OCH3 is 2. The number of hydrogen-bond donors (Lipinski definition) is 5. The summed E-state index contributed by atoms with van der Waals surface area (Å²) in [7, 11) is 2.97. The van der Waals surface area contributed by atoms with Gasteiger partial charge in [-0.15, -0.1) is 0 Å². The zero-order chi connectivity index (χ0) is 29.7. The van der Waals surface area contributed by atoms with Gasteiger partial charge < -0.3 is 35.6 Å². The fourth-order valence-electron chi connectivity index (χ4n) is 3.76. The van der Waals surface area contributed by atoms with Gasteiger partial charge >= 0.3 is 5.97 Å². The SMILES string of the molecule is COc1cc(/C=C/C(=O)CC(=O)/C=C/C2CC=C(O)C(OC)C2)ccc1O.NC(Cc1ccc(O)cc1)C(=O)O. The molecular formula is C30H35NO9. The van der Waals surface area contributed by atoms with Crippen molar-refractivity contribution in [1.29, 1.82) is 0 Å². The number of carbonyl (C=O) groups is 3. The molecule has 3 atom stereocenters. The van der Waals surface area contributed by atoms with Gasteiger partial charge in [-0.2, -0.15) is 0 Å². The monoisotopic (exact) mass is 553 g/mol. The van der Waals surface area contributed by atoms with E-state index in [0.717, 1.165) is 5.56 Å². The zero-order valence-electron chi connectivity index (χ0n) is 22.4. The molecule has 0 fully saturated rings. The molecule has 2 aromatic carbocycles. The van der Waals surface area contributed by atoms with Crippen molar-refractivity contribution in [2.45, 2.75) is 37.8 Å². The van der Waals surface area contributed by atoms with Crippen molar-refractivity contribution in [2.75, 3.05) is 14.2 Å². The van der Waals surface area contributed by atoms with E-state index < -0.39 is 12.0 Å². The van der Waals surface area contributed by atoms with Crippen molar-refractivity contribution < 1.29 is 44.3 Å². The van der Waals surface area contributed by atoms with Crippen LogP contribution in [0.4, 0.5) is 0 Å². The quantitative estimate of drug-likeness (QED) is 0.204. The van der Waals surface area contributed by atoms with Crippen LogP contribution in [0.15, 0.2) is 72.5 Å². The summed E-state index contributed by atoms with van der Waals surface area (Å²) in [6.07, 6.45) is 8.71. The number of benzene rings is 2. The molecule has 40 heavy (non-hydrogen) atoms. The van der Waals surface area contributed by atoms with Crippen molar-refractivity contribution in [3.63, 3.8) is 0 Å². The Kier molecular flexibility index (Phi) is 12.6. The number of phenolic OH excluding ortho intramolecular Hbond substituents is 2. The normalized spacial score (nSPS) is 17.5. The number of aliphatic hydroxyl groups excluding tert-OH is 1. The Morgan fingerprint density at radius 3 is 2.33 bits per heavy atom. The molecule has 1 aliphatic carbocycles. The smallest absolute Gasteiger partial charge is 0.320 e. The predicted octanol–water partition coefficient (Wildman–Crippen LogP) is 3.71. The third-order valence-corrected chi connectivity index (χ3v) is 6.04. The van der Waals surface area contributed by atoms with Gasteiger partial charge in [-0.25, -0.2) is 0 Å². The minimum Gasteiger partial charge on any atom is -0.510 e. The number of ether oxygens (including phenoxy) is 2. The van der Waals surface area contributed by atoms with Crippen LogP contribution < -0.4 is 10.5 Å². The Morgan fingerprint density at radius 1 is 1.02 bits per heavy atom. The number of ketones is 2. The molecule has 0 aromatic heterocycles. The van der Waals surface area contributed by atoms with E-state index in [1.165, 1.54) is 44.6 Å². The molecule has 3 rings (SSSR count). The van der Waals surface area contributed by atoms with Gasteiger partial charge in [0.05, 0.1) is 13.5 Å². The van der Waals surface area contributed by atoms with E-state index in [4.69, 9.17) is 25.4 Å². The van der Waals surface area contributed by atoms with E-state index in [1.807, 2.05) is 0 Å². The summed E-state index contributed by atoms with van der Waals surface area (Å²) in [4.78, 5) is 34.3. The van der Waals surface area contributed by atoms with Crippen LogP contribution in [0.2, 0.25) is 0 Å². The van der Waals surface area contributed by atoms with Crippen LogP contribution in [0.3, 0.4) is 0 Å². The molecule has 0 saturated heterocycles. The molecule has 10 nitrogen and oxygen atoms in total. The lowest BCUT2D eigenvalue weighted by Gasteiger charge is -2.23. The third-order valence-electron chi connectivity index (χ3n) is 6.04. The Hall–Kier alpha value is -4.41. The number of phenols is 2. The van der Waals surface area contributed by atoms with Crippen molar-refractivity contribution in [2.24, 2.45) is 11.7 Å². The molecule has 0 bridgehead atoms. The topological polar surface area (TPSA) is 177 Å². The number of aromatic hydroxyl groups is 2. The van der Waals surface area contributed by atoms with Crippen LogP contribution in [-0.2, 0) is 25.5 Å². The van der Waals surface area contributed by atoms with Crippen LogP contribution >= 0.6 is 0 Å². The van der Waals surface area contributed by atoms with Crippen molar-refractivity contribution in [3.05, 3.63) is 83.7 Å². The summed E-state index contributed by atoms with van der Waals surface area (Å²) in [6, 6.07) is 10.1. The number of rotatable bonds is 11. The second-order valence-electron chi connectivity index (χ2n) is 9.13. The summed E-state index contributed by atoms with van der Waals surface area (Å²) >= 11 is 0. The Labute approximate surface area is 232 Å². The molecule has 0 saturated carbocycles. The van der Waals surface area contributed by atoms with Crippen molar-refractivity contribution in [3.8, 4) is 17.2 Å². The van der Waals surface area contributed by atoms with Crippen molar-refractivity contribution in [1.82, 2.24) is 0 Å². The first-order chi connectivity index (χ1) is 19.0. The van der Waals surface area contributed by atoms with Gasteiger partial charge in [0.1, 0.15) is 23.7 Å². The molecule has 0 spiro atoms. The van der Waals surface area contributed by atoms with E-state index in [9.17, 15) is 24.6 Å². The number of aliphatic carboxylic acids is 1. The average Bonchev–Trinajstić information content (AvgIpc) is 2.93. The molecule has 1 aliphatic rings. The Balaban J connectivity index is 0.000000360. The van der Waals surface area contributed by atoms with Crippen LogP contribution in [0, 0.1) is 5.92 Å². The van der Waals surface area contributed by atoms with Crippen molar-refractivity contribution >= 4 is 23.6 Å². The fraction of sp³-hybridized carbons (Fsp3) is 0.300. The number of allylic oxidation sites excluding steroid dienone is 4. The van der Waals surface area contributed by atoms with Gasteiger partial charge in [0.15, 0.2) is 23.1 Å².